The summed E-state index contributed by atoms with van der Waals surface area (Å²) in [5.74, 6) is -0.279. The summed E-state index contributed by atoms with van der Waals surface area (Å²) in [4.78, 5) is 15.4. The molecule has 1 N–H and O–H groups in total. The molecule has 1 atom stereocenters. The number of hydrogen-bond acceptors (Lipinski definition) is 4. The van der Waals surface area contributed by atoms with Crippen molar-refractivity contribution in [1.29, 1.82) is 0 Å². The summed E-state index contributed by atoms with van der Waals surface area (Å²) in [6.45, 7) is 1.12. The van der Waals surface area contributed by atoms with Gasteiger partial charge in [0.2, 0.25) is 0 Å². The number of hydrogen-bond donors (Lipinski definition) is 1. The molecule has 0 amide bonds. The van der Waals surface area contributed by atoms with E-state index in [0.29, 0.717) is 13.1 Å². The van der Waals surface area contributed by atoms with Gasteiger partial charge in [0, 0.05) is 18.5 Å². The Morgan fingerprint density at radius 3 is 2.95 bits per heavy atom. The maximum Gasteiger partial charge on any atom is 0.320 e. The van der Waals surface area contributed by atoms with Crippen LogP contribution in [0.1, 0.15) is 5.69 Å². The van der Waals surface area contributed by atoms with E-state index in [2.05, 4.69) is 31.0 Å². The zero-order chi connectivity index (χ0) is 13.7. The number of halogens is 1. The van der Waals surface area contributed by atoms with Gasteiger partial charge in [0.25, 0.3) is 0 Å². The number of alkyl halides is 1. The van der Waals surface area contributed by atoms with Crippen LogP contribution in [0.3, 0.4) is 0 Å². The van der Waals surface area contributed by atoms with E-state index in [1.54, 1.807) is 0 Å². The van der Waals surface area contributed by atoms with Crippen molar-refractivity contribution in [3.63, 3.8) is 0 Å². The highest BCUT2D eigenvalue weighted by Crippen LogP contribution is 2.11. The molecule has 5 heteroatoms. The molecular weight excluding hydrogens is 308 g/mol. The number of ether oxygens (including phenoxy) is 1. The largest absolute Gasteiger partial charge is 0.468 e. The summed E-state index contributed by atoms with van der Waals surface area (Å²) in [7, 11) is 1.38. The molecule has 0 saturated heterocycles. The number of pyridine rings is 1. The molecule has 0 aliphatic heterocycles. The van der Waals surface area contributed by atoms with Crippen LogP contribution in [0.4, 0.5) is 0 Å². The molecule has 1 unspecified atom stereocenters. The molecule has 0 fully saturated rings. The lowest BCUT2D eigenvalue weighted by molar-refractivity contribution is -0.139. The van der Waals surface area contributed by atoms with Gasteiger partial charge in [-0.25, -0.2) is 0 Å². The summed E-state index contributed by atoms with van der Waals surface area (Å²) in [5, 5.41) is 4.30. The van der Waals surface area contributed by atoms with Gasteiger partial charge in [0.15, 0.2) is 0 Å². The molecule has 4 nitrogen and oxygen atoms in total. The van der Waals surface area contributed by atoms with Gasteiger partial charge in [-0.2, -0.15) is 0 Å². The molecule has 1 aromatic heterocycles. The van der Waals surface area contributed by atoms with Gasteiger partial charge < -0.3 is 10.1 Å². The number of para-hydroxylation sites is 1. The Morgan fingerprint density at radius 2 is 2.16 bits per heavy atom. The van der Waals surface area contributed by atoms with Crippen molar-refractivity contribution in [2.24, 2.45) is 0 Å². The van der Waals surface area contributed by atoms with Crippen LogP contribution in [0.15, 0.2) is 36.4 Å². The molecule has 1 heterocycles. The van der Waals surface area contributed by atoms with Crippen molar-refractivity contribution in [3.8, 4) is 0 Å². The van der Waals surface area contributed by atoms with Crippen LogP contribution in [-0.4, -0.2) is 29.4 Å². The van der Waals surface area contributed by atoms with Crippen molar-refractivity contribution < 1.29 is 9.53 Å². The molecule has 0 spiro atoms. The van der Waals surface area contributed by atoms with Crippen LogP contribution < -0.4 is 5.32 Å². The molecule has 0 bridgehead atoms. The lowest BCUT2D eigenvalue weighted by atomic mass is 10.2. The zero-order valence-electron chi connectivity index (χ0n) is 10.6. The van der Waals surface area contributed by atoms with Crippen molar-refractivity contribution >= 4 is 32.8 Å². The van der Waals surface area contributed by atoms with Crippen LogP contribution in [0.5, 0.6) is 0 Å². The second-order valence-electron chi connectivity index (χ2n) is 4.12. The van der Waals surface area contributed by atoms with Gasteiger partial charge in [-0.15, -0.1) is 0 Å². The highest BCUT2D eigenvalue weighted by molar-refractivity contribution is 9.10. The minimum atomic E-state index is -0.335. The minimum absolute atomic E-state index is 0.279. The second kappa shape index (κ2) is 6.63. The number of methoxy groups -OCH3 is 1. The predicted molar refractivity (Wildman–Crippen MR) is 78.2 cm³/mol. The van der Waals surface area contributed by atoms with Gasteiger partial charge >= 0.3 is 5.97 Å². The Labute approximate surface area is 120 Å². The molecule has 100 valence electrons. The van der Waals surface area contributed by atoms with Crippen molar-refractivity contribution in [2.75, 3.05) is 13.7 Å². The van der Waals surface area contributed by atoms with E-state index in [1.807, 2.05) is 36.4 Å². The number of benzene rings is 1. The molecule has 2 rings (SSSR count). The lowest BCUT2D eigenvalue weighted by Gasteiger charge is -2.09. The summed E-state index contributed by atoms with van der Waals surface area (Å²) in [6.07, 6.45) is 0. The van der Waals surface area contributed by atoms with E-state index in [9.17, 15) is 4.79 Å². The highest BCUT2D eigenvalue weighted by atomic mass is 79.9. The SMILES string of the molecule is COC(=O)C(Br)CNCc1ccc2ccccc2n1. The summed E-state index contributed by atoms with van der Waals surface area (Å²) in [6, 6.07) is 12.0. The number of esters is 1. The Hall–Kier alpha value is -1.46. The van der Waals surface area contributed by atoms with Crippen LogP contribution >= 0.6 is 15.9 Å². The number of nitrogens with one attached hydrogen (secondary N) is 1. The smallest absolute Gasteiger partial charge is 0.320 e. The zero-order valence-corrected chi connectivity index (χ0v) is 12.2. The van der Waals surface area contributed by atoms with Crippen LogP contribution in [0, 0.1) is 0 Å². The molecule has 19 heavy (non-hydrogen) atoms. The van der Waals surface area contributed by atoms with Crippen LogP contribution in [0.2, 0.25) is 0 Å². The normalized spacial score (nSPS) is 12.3. The molecule has 2 aromatic rings. The third-order valence-electron chi connectivity index (χ3n) is 2.74. The fourth-order valence-electron chi connectivity index (χ4n) is 1.74. The number of nitrogens with zero attached hydrogens (tertiary/aromatic N) is 1. The van der Waals surface area contributed by atoms with Gasteiger partial charge in [0.05, 0.1) is 18.3 Å². The van der Waals surface area contributed by atoms with Crippen molar-refractivity contribution in [2.45, 2.75) is 11.4 Å². The van der Waals surface area contributed by atoms with Gasteiger partial charge in [-0.05, 0) is 12.1 Å². The standard InChI is InChI=1S/C14H15BrN2O2/c1-19-14(18)12(15)9-16-8-11-7-6-10-4-2-3-5-13(10)17-11/h2-7,12,16H,8-9H2,1H3. The summed E-state index contributed by atoms with van der Waals surface area (Å²) >= 11 is 3.26. The summed E-state index contributed by atoms with van der Waals surface area (Å²) in [5.41, 5.74) is 1.92. The van der Waals surface area contributed by atoms with E-state index in [-0.39, 0.29) is 10.8 Å². The lowest BCUT2D eigenvalue weighted by Crippen LogP contribution is -2.29. The fourth-order valence-corrected chi connectivity index (χ4v) is 2.16. The number of rotatable bonds is 5. The van der Waals surface area contributed by atoms with E-state index in [0.717, 1.165) is 16.6 Å². The van der Waals surface area contributed by atoms with Crippen molar-refractivity contribution in [3.05, 3.63) is 42.1 Å². The molecule has 0 radical (unpaired) electrons. The van der Waals surface area contributed by atoms with E-state index in [1.165, 1.54) is 7.11 Å². The van der Waals surface area contributed by atoms with Crippen LogP contribution in [-0.2, 0) is 16.1 Å². The summed E-state index contributed by atoms with van der Waals surface area (Å²) < 4.78 is 4.63. The Bertz CT molecular complexity index is 574. The maximum atomic E-state index is 11.2. The molecular formula is C14H15BrN2O2. The third-order valence-corrected chi connectivity index (χ3v) is 3.44. The first-order valence-electron chi connectivity index (χ1n) is 5.98. The van der Waals surface area contributed by atoms with Crippen molar-refractivity contribution in [1.82, 2.24) is 10.3 Å². The second-order valence-corrected chi connectivity index (χ2v) is 5.22. The van der Waals surface area contributed by atoms with Gasteiger partial charge in [-0.3, -0.25) is 9.78 Å². The van der Waals surface area contributed by atoms with E-state index in [4.69, 9.17) is 0 Å². The first kappa shape index (κ1) is 14.0. The minimum Gasteiger partial charge on any atom is -0.468 e. The Kier molecular flexibility index (Phi) is 4.87. The average Bonchev–Trinajstić information content (AvgIpc) is 2.46. The molecule has 1 aromatic carbocycles. The third kappa shape index (κ3) is 3.75. The first-order valence-corrected chi connectivity index (χ1v) is 6.89. The average molecular weight is 323 g/mol. The highest BCUT2D eigenvalue weighted by Gasteiger charge is 2.14. The monoisotopic (exact) mass is 322 g/mol. The molecule has 0 aliphatic rings. The fraction of sp³-hybridized carbons (Fsp3) is 0.286. The number of carbonyl (C=O) groups is 1. The quantitative estimate of drug-likeness (QED) is 0.677. The number of aromatic nitrogens is 1. The van der Waals surface area contributed by atoms with Crippen LogP contribution in [0.25, 0.3) is 10.9 Å². The number of fused-ring (bicyclic) bond motifs is 1. The Balaban J connectivity index is 1.93. The Morgan fingerprint density at radius 1 is 1.37 bits per heavy atom. The molecule has 0 aliphatic carbocycles. The predicted octanol–water partition coefficient (Wildman–Crippen LogP) is 2.26. The first-order chi connectivity index (χ1) is 9.20. The van der Waals surface area contributed by atoms with E-state index < -0.39 is 0 Å². The topological polar surface area (TPSA) is 51.2 Å². The molecule has 0 saturated carbocycles. The van der Waals surface area contributed by atoms with Gasteiger partial charge in [0.1, 0.15) is 4.83 Å². The van der Waals surface area contributed by atoms with Gasteiger partial charge in [-0.1, -0.05) is 40.2 Å². The number of carbonyl (C=O) groups excluding carboxylic acids is 1. The maximum absolute atomic E-state index is 11.2. The van der Waals surface area contributed by atoms with E-state index >= 15 is 0 Å².